The summed E-state index contributed by atoms with van der Waals surface area (Å²) in [5.74, 6) is 1.74. The number of aromatic amines is 2. The zero-order chi connectivity index (χ0) is 14.8. The lowest BCUT2D eigenvalue weighted by Crippen LogP contribution is -2.35. The fourth-order valence-electron chi connectivity index (χ4n) is 2.82. The second kappa shape index (κ2) is 5.81. The van der Waals surface area contributed by atoms with E-state index in [1.54, 1.807) is 0 Å². The third kappa shape index (κ3) is 3.05. The maximum absolute atomic E-state index is 12.2. The lowest BCUT2D eigenvalue weighted by atomic mass is 10.1. The normalized spacial score (nSPS) is 15.1. The van der Waals surface area contributed by atoms with Gasteiger partial charge < -0.3 is 9.97 Å². The maximum atomic E-state index is 12.2. The van der Waals surface area contributed by atoms with Crippen molar-refractivity contribution in [2.24, 2.45) is 0 Å². The van der Waals surface area contributed by atoms with Gasteiger partial charge in [0.05, 0.1) is 11.3 Å². The molecule has 3 rings (SSSR count). The van der Waals surface area contributed by atoms with Crippen LogP contribution in [0.4, 0.5) is 0 Å². The summed E-state index contributed by atoms with van der Waals surface area (Å²) in [6.45, 7) is 6.40. The minimum absolute atomic E-state index is 0.0222. The molecular weight excluding hydrogens is 266 g/mol. The number of aryl methyl sites for hydroxylation is 2. The summed E-state index contributed by atoms with van der Waals surface area (Å²) in [6, 6.07) is 0. The molecule has 6 heteroatoms. The minimum atomic E-state index is 0.0222. The van der Waals surface area contributed by atoms with Crippen molar-refractivity contribution in [2.75, 3.05) is 6.54 Å². The first kappa shape index (κ1) is 14.0. The molecule has 1 aliphatic heterocycles. The van der Waals surface area contributed by atoms with E-state index in [0.29, 0.717) is 6.54 Å². The molecule has 0 saturated heterocycles. The van der Waals surface area contributed by atoms with Crippen LogP contribution < -0.4 is 5.56 Å². The molecule has 0 saturated carbocycles. The van der Waals surface area contributed by atoms with Gasteiger partial charge in [0.1, 0.15) is 11.6 Å². The van der Waals surface area contributed by atoms with Gasteiger partial charge in [0.15, 0.2) is 0 Å². The molecule has 0 aliphatic carbocycles. The molecule has 2 aromatic heterocycles. The Morgan fingerprint density at radius 2 is 2.24 bits per heavy atom. The van der Waals surface area contributed by atoms with Crippen LogP contribution in [0.1, 0.15) is 41.9 Å². The Hall–Kier alpha value is -1.95. The van der Waals surface area contributed by atoms with Crippen LogP contribution in [0.2, 0.25) is 0 Å². The van der Waals surface area contributed by atoms with Gasteiger partial charge in [-0.25, -0.2) is 9.97 Å². The standard InChI is InChI=1S/C15H21N5O/c1-3-4-14-18-13-5-6-20(9-12(13)15(21)19-14)8-11-7-16-10(2)17-11/h7H,3-6,8-9H2,1-2H3,(H,16,17)(H,18,19,21). The SMILES string of the molecule is CCCc1nc2c(c(=O)[nH]1)CN(Cc1cnc(C)[nH]1)CC2. The monoisotopic (exact) mass is 287 g/mol. The van der Waals surface area contributed by atoms with Gasteiger partial charge in [-0.15, -0.1) is 0 Å². The van der Waals surface area contributed by atoms with E-state index in [-0.39, 0.29) is 5.56 Å². The number of imidazole rings is 1. The summed E-state index contributed by atoms with van der Waals surface area (Å²) in [7, 11) is 0. The number of rotatable bonds is 4. The predicted molar refractivity (Wildman–Crippen MR) is 80.0 cm³/mol. The Kier molecular flexibility index (Phi) is 3.88. The van der Waals surface area contributed by atoms with Crippen LogP contribution in [0.15, 0.2) is 11.0 Å². The summed E-state index contributed by atoms with van der Waals surface area (Å²) < 4.78 is 0. The third-order valence-electron chi connectivity index (χ3n) is 3.83. The van der Waals surface area contributed by atoms with E-state index in [4.69, 9.17) is 0 Å². The number of hydrogen-bond acceptors (Lipinski definition) is 4. The molecule has 2 N–H and O–H groups in total. The first-order valence-corrected chi connectivity index (χ1v) is 7.49. The number of hydrogen-bond donors (Lipinski definition) is 2. The number of H-pyrrole nitrogens is 2. The molecular formula is C15H21N5O. The van der Waals surface area contributed by atoms with Crippen LogP contribution in [-0.4, -0.2) is 31.4 Å². The van der Waals surface area contributed by atoms with Crippen molar-refractivity contribution in [1.82, 2.24) is 24.8 Å². The van der Waals surface area contributed by atoms with Gasteiger partial charge in [-0.2, -0.15) is 0 Å². The van der Waals surface area contributed by atoms with Crippen molar-refractivity contribution >= 4 is 0 Å². The van der Waals surface area contributed by atoms with Crippen molar-refractivity contribution < 1.29 is 0 Å². The van der Waals surface area contributed by atoms with Crippen LogP contribution in [0.25, 0.3) is 0 Å². The summed E-state index contributed by atoms with van der Waals surface area (Å²) in [5, 5.41) is 0. The Labute approximate surface area is 123 Å². The van der Waals surface area contributed by atoms with Crippen molar-refractivity contribution in [3.63, 3.8) is 0 Å². The number of nitrogens with one attached hydrogen (secondary N) is 2. The average molecular weight is 287 g/mol. The lowest BCUT2D eigenvalue weighted by molar-refractivity contribution is 0.239. The van der Waals surface area contributed by atoms with E-state index < -0.39 is 0 Å². The van der Waals surface area contributed by atoms with E-state index in [1.807, 2.05) is 13.1 Å². The lowest BCUT2D eigenvalue weighted by Gasteiger charge is -2.27. The van der Waals surface area contributed by atoms with Gasteiger partial charge in [0.25, 0.3) is 5.56 Å². The van der Waals surface area contributed by atoms with Crippen LogP contribution in [0, 0.1) is 6.92 Å². The Bertz CT molecular complexity index is 688. The molecule has 112 valence electrons. The van der Waals surface area contributed by atoms with Crippen LogP contribution in [0.5, 0.6) is 0 Å². The summed E-state index contributed by atoms with van der Waals surface area (Å²) in [5.41, 5.74) is 2.90. The highest BCUT2D eigenvalue weighted by Gasteiger charge is 2.21. The highest BCUT2D eigenvalue weighted by Crippen LogP contribution is 2.16. The van der Waals surface area contributed by atoms with E-state index in [2.05, 4.69) is 31.8 Å². The topological polar surface area (TPSA) is 77.7 Å². The van der Waals surface area contributed by atoms with Crippen LogP contribution >= 0.6 is 0 Å². The molecule has 0 unspecified atom stereocenters. The van der Waals surface area contributed by atoms with E-state index in [9.17, 15) is 4.79 Å². The van der Waals surface area contributed by atoms with Crippen LogP contribution in [-0.2, 0) is 25.9 Å². The second-order valence-corrected chi connectivity index (χ2v) is 5.64. The molecule has 3 heterocycles. The molecule has 0 bridgehead atoms. The van der Waals surface area contributed by atoms with Crippen molar-refractivity contribution in [1.29, 1.82) is 0 Å². The quantitative estimate of drug-likeness (QED) is 0.889. The molecule has 0 amide bonds. The molecule has 0 spiro atoms. The van der Waals surface area contributed by atoms with E-state index in [1.165, 1.54) is 0 Å². The summed E-state index contributed by atoms with van der Waals surface area (Å²) >= 11 is 0. The fraction of sp³-hybridized carbons (Fsp3) is 0.533. The highest BCUT2D eigenvalue weighted by molar-refractivity contribution is 5.21. The van der Waals surface area contributed by atoms with Gasteiger partial charge >= 0.3 is 0 Å². The summed E-state index contributed by atoms with van der Waals surface area (Å²) in [6.07, 6.45) is 4.52. The molecule has 0 radical (unpaired) electrons. The zero-order valence-electron chi connectivity index (χ0n) is 12.6. The Balaban J connectivity index is 1.77. The fourth-order valence-corrected chi connectivity index (χ4v) is 2.82. The first-order chi connectivity index (χ1) is 10.2. The minimum Gasteiger partial charge on any atom is -0.345 e. The first-order valence-electron chi connectivity index (χ1n) is 7.49. The third-order valence-corrected chi connectivity index (χ3v) is 3.83. The van der Waals surface area contributed by atoms with Gasteiger partial charge in [-0.3, -0.25) is 9.69 Å². The predicted octanol–water partition coefficient (Wildman–Crippen LogP) is 1.31. The van der Waals surface area contributed by atoms with Gasteiger partial charge in [-0.05, 0) is 13.3 Å². The molecule has 6 nitrogen and oxygen atoms in total. The smallest absolute Gasteiger partial charge is 0.255 e. The number of aromatic nitrogens is 4. The van der Waals surface area contributed by atoms with Crippen molar-refractivity contribution in [2.45, 2.75) is 46.2 Å². The number of fused-ring (bicyclic) bond motifs is 1. The second-order valence-electron chi connectivity index (χ2n) is 5.64. The zero-order valence-corrected chi connectivity index (χ0v) is 12.6. The van der Waals surface area contributed by atoms with E-state index >= 15 is 0 Å². The average Bonchev–Trinajstić information content (AvgIpc) is 2.85. The number of nitrogens with zero attached hydrogens (tertiary/aromatic N) is 3. The Morgan fingerprint density at radius 3 is 2.95 bits per heavy atom. The molecule has 0 aromatic carbocycles. The van der Waals surface area contributed by atoms with Gasteiger partial charge in [0.2, 0.25) is 0 Å². The van der Waals surface area contributed by atoms with Gasteiger partial charge in [-0.1, -0.05) is 6.92 Å². The van der Waals surface area contributed by atoms with Crippen LogP contribution in [0.3, 0.4) is 0 Å². The molecule has 21 heavy (non-hydrogen) atoms. The molecule has 0 fully saturated rings. The summed E-state index contributed by atoms with van der Waals surface area (Å²) in [4.78, 5) is 29.4. The Morgan fingerprint density at radius 1 is 1.38 bits per heavy atom. The van der Waals surface area contributed by atoms with Crippen molar-refractivity contribution in [3.8, 4) is 0 Å². The maximum Gasteiger partial charge on any atom is 0.255 e. The van der Waals surface area contributed by atoms with Crippen molar-refractivity contribution in [3.05, 3.63) is 45.2 Å². The molecule has 2 aromatic rings. The van der Waals surface area contributed by atoms with Gasteiger partial charge in [0, 0.05) is 44.4 Å². The highest BCUT2D eigenvalue weighted by atomic mass is 16.1. The largest absolute Gasteiger partial charge is 0.345 e. The molecule has 0 atom stereocenters. The van der Waals surface area contributed by atoms with E-state index in [0.717, 1.165) is 61.0 Å². The molecule has 1 aliphatic rings.